The maximum atomic E-state index is 13.6. The summed E-state index contributed by atoms with van der Waals surface area (Å²) in [7, 11) is 1.55. The van der Waals surface area contributed by atoms with Crippen molar-refractivity contribution < 1.29 is 17.9 Å². The number of ether oxygens (including phenoxy) is 1. The van der Waals surface area contributed by atoms with Crippen LogP contribution in [0, 0.1) is 0 Å². The zero-order chi connectivity index (χ0) is 19.0. The van der Waals surface area contributed by atoms with Crippen LogP contribution in [-0.4, -0.2) is 54.3 Å². The van der Waals surface area contributed by atoms with Crippen LogP contribution >= 0.6 is 0 Å². The molecule has 5 nitrogen and oxygen atoms in total. The quantitative estimate of drug-likeness (QED) is 0.758. The van der Waals surface area contributed by atoms with E-state index in [0.717, 1.165) is 37.1 Å². The van der Waals surface area contributed by atoms with E-state index in [0.29, 0.717) is 24.2 Å². The third-order valence-corrected chi connectivity index (χ3v) is 5.10. The van der Waals surface area contributed by atoms with E-state index in [1.807, 2.05) is 6.07 Å². The van der Waals surface area contributed by atoms with Crippen LogP contribution in [0.25, 0.3) is 21.8 Å². The zero-order valence-corrected chi connectivity index (χ0v) is 15.0. The van der Waals surface area contributed by atoms with Gasteiger partial charge in [-0.05, 0) is 18.2 Å². The molecule has 3 heterocycles. The monoisotopic (exact) mass is 378 g/mol. The number of fused-ring (bicyclic) bond motifs is 3. The highest BCUT2D eigenvalue weighted by Crippen LogP contribution is 2.38. The van der Waals surface area contributed by atoms with Crippen LogP contribution in [-0.2, 0) is 12.7 Å². The van der Waals surface area contributed by atoms with Gasteiger partial charge in [-0.15, -0.1) is 0 Å². The molecule has 8 heteroatoms. The van der Waals surface area contributed by atoms with Crippen molar-refractivity contribution in [2.75, 3.05) is 39.8 Å². The van der Waals surface area contributed by atoms with Gasteiger partial charge >= 0.3 is 6.18 Å². The van der Waals surface area contributed by atoms with E-state index in [1.165, 1.54) is 6.20 Å². The summed E-state index contributed by atoms with van der Waals surface area (Å²) in [6, 6.07) is 7.04. The molecular formula is C19H21F3N4O. The Kier molecular flexibility index (Phi) is 4.69. The molecule has 0 bridgehead atoms. The van der Waals surface area contributed by atoms with E-state index >= 15 is 0 Å². The minimum absolute atomic E-state index is 0.142. The molecule has 3 aromatic rings. The van der Waals surface area contributed by atoms with Gasteiger partial charge in [0.05, 0.1) is 18.1 Å². The number of nitrogens with one attached hydrogen (secondary N) is 1. The first-order chi connectivity index (χ1) is 13.0. The lowest BCUT2D eigenvalue weighted by Crippen LogP contribution is -2.44. The summed E-state index contributed by atoms with van der Waals surface area (Å²) in [5.41, 5.74) is 0.0387. The maximum absolute atomic E-state index is 13.6. The Morgan fingerprint density at radius 2 is 1.89 bits per heavy atom. The molecular weight excluding hydrogens is 357 g/mol. The Hall–Kier alpha value is -2.32. The molecule has 4 rings (SSSR count). The molecule has 1 saturated heterocycles. The van der Waals surface area contributed by atoms with Gasteiger partial charge in [-0.25, -0.2) is 4.98 Å². The lowest BCUT2D eigenvalue weighted by Gasteiger charge is -2.27. The highest BCUT2D eigenvalue weighted by Gasteiger charge is 2.36. The van der Waals surface area contributed by atoms with Gasteiger partial charge in [0, 0.05) is 62.3 Å². The largest absolute Gasteiger partial charge is 0.497 e. The van der Waals surface area contributed by atoms with Gasteiger partial charge < -0.3 is 14.6 Å². The second-order valence-corrected chi connectivity index (χ2v) is 6.68. The molecule has 1 aliphatic heterocycles. The van der Waals surface area contributed by atoms with Crippen molar-refractivity contribution in [3.63, 3.8) is 0 Å². The molecule has 0 aliphatic carbocycles. The Morgan fingerprint density at radius 3 is 2.59 bits per heavy atom. The standard InChI is InChI=1S/C19H21F3N4O/c1-27-13-2-3-14-15-4-5-24-18(19(20,21)22)17(15)26(16(14)12-13)11-10-25-8-6-23-7-9-25/h2-5,12,23H,6-11H2,1H3. The number of pyridine rings is 1. The molecule has 0 amide bonds. The molecule has 1 aromatic carbocycles. The molecule has 0 spiro atoms. The van der Waals surface area contributed by atoms with Gasteiger partial charge in [-0.2, -0.15) is 13.2 Å². The van der Waals surface area contributed by atoms with Crippen LogP contribution in [0.4, 0.5) is 13.2 Å². The number of hydrogen-bond donors (Lipinski definition) is 1. The summed E-state index contributed by atoms with van der Waals surface area (Å²) >= 11 is 0. The predicted octanol–water partition coefficient (Wildman–Crippen LogP) is 3.12. The number of hydrogen-bond acceptors (Lipinski definition) is 4. The third-order valence-electron chi connectivity index (χ3n) is 5.10. The van der Waals surface area contributed by atoms with E-state index in [4.69, 9.17) is 4.74 Å². The van der Waals surface area contributed by atoms with Crippen molar-refractivity contribution in [1.82, 2.24) is 19.8 Å². The summed E-state index contributed by atoms with van der Waals surface area (Å²) in [6.45, 7) is 4.73. The number of aromatic nitrogens is 2. The Morgan fingerprint density at radius 1 is 1.11 bits per heavy atom. The topological polar surface area (TPSA) is 42.3 Å². The summed E-state index contributed by atoms with van der Waals surface area (Å²) in [5, 5.41) is 4.63. The number of rotatable bonds is 4. The van der Waals surface area contributed by atoms with Gasteiger partial charge in [0.15, 0.2) is 5.69 Å². The molecule has 0 unspecified atom stereocenters. The molecule has 27 heavy (non-hydrogen) atoms. The van der Waals surface area contributed by atoms with Gasteiger partial charge in [-0.3, -0.25) is 4.90 Å². The maximum Gasteiger partial charge on any atom is 0.435 e. The smallest absolute Gasteiger partial charge is 0.435 e. The molecule has 144 valence electrons. The van der Waals surface area contributed by atoms with E-state index in [1.54, 1.807) is 29.9 Å². The third kappa shape index (κ3) is 3.35. The van der Waals surface area contributed by atoms with Gasteiger partial charge in [0.1, 0.15) is 5.75 Å². The number of halogens is 3. The highest BCUT2D eigenvalue weighted by atomic mass is 19.4. The SMILES string of the molecule is COc1ccc2c3ccnc(C(F)(F)F)c3n(CCN3CCNCC3)c2c1. The molecule has 0 saturated carbocycles. The molecule has 1 fully saturated rings. The highest BCUT2D eigenvalue weighted by molar-refractivity contribution is 6.09. The Balaban J connectivity index is 1.88. The first-order valence-corrected chi connectivity index (χ1v) is 8.94. The van der Waals surface area contributed by atoms with Gasteiger partial charge in [0.25, 0.3) is 0 Å². The Bertz CT molecular complexity index is 961. The summed E-state index contributed by atoms with van der Waals surface area (Å²) in [4.78, 5) is 5.93. The van der Waals surface area contributed by atoms with Crippen molar-refractivity contribution >= 4 is 21.8 Å². The molecule has 2 aromatic heterocycles. The van der Waals surface area contributed by atoms with Crippen LogP contribution in [0.3, 0.4) is 0 Å². The molecule has 0 atom stereocenters. The fourth-order valence-corrected chi connectivity index (χ4v) is 3.77. The number of methoxy groups -OCH3 is 1. The van der Waals surface area contributed by atoms with E-state index in [9.17, 15) is 13.2 Å². The van der Waals surface area contributed by atoms with Crippen LogP contribution in [0.15, 0.2) is 30.5 Å². The molecule has 1 aliphatic rings. The lowest BCUT2D eigenvalue weighted by atomic mass is 10.1. The average Bonchev–Trinajstić information content (AvgIpc) is 2.99. The van der Waals surface area contributed by atoms with Crippen molar-refractivity contribution in [2.24, 2.45) is 0 Å². The van der Waals surface area contributed by atoms with Crippen LogP contribution in [0.1, 0.15) is 5.69 Å². The van der Waals surface area contributed by atoms with Crippen LogP contribution in [0.5, 0.6) is 5.75 Å². The first-order valence-electron chi connectivity index (χ1n) is 8.94. The fraction of sp³-hybridized carbons (Fsp3) is 0.421. The van der Waals surface area contributed by atoms with Crippen molar-refractivity contribution in [1.29, 1.82) is 0 Å². The zero-order valence-electron chi connectivity index (χ0n) is 15.0. The summed E-state index contributed by atoms with van der Waals surface area (Å²) < 4.78 is 48.0. The van der Waals surface area contributed by atoms with Gasteiger partial charge in [-0.1, -0.05) is 0 Å². The van der Waals surface area contributed by atoms with E-state index in [-0.39, 0.29) is 5.52 Å². The average molecular weight is 378 g/mol. The fourth-order valence-electron chi connectivity index (χ4n) is 3.77. The number of nitrogens with zero attached hydrogens (tertiary/aromatic N) is 3. The lowest BCUT2D eigenvalue weighted by molar-refractivity contribution is -0.140. The molecule has 1 N–H and O–H groups in total. The first kappa shape index (κ1) is 18.1. The minimum Gasteiger partial charge on any atom is -0.497 e. The van der Waals surface area contributed by atoms with E-state index in [2.05, 4.69) is 15.2 Å². The summed E-state index contributed by atoms with van der Waals surface area (Å²) in [6.07, 6.45) is -3.28. The minimum atomic E-state index is -4.51. The molecule has 0 radical (unpaired) electrons. The summed E-state index contributed by atoms with van der Waals surface area (Å²) in [5.74, 6) is 0.621. The van der Waals surface area contributed by atoms with E-state index < -0.39 is 11.9 Å². The predicted molar refractivity (Wildman–Crippen MR) is 98.1 cm³/mol. The second-order valence-electron chi connectivity index (χ2n) is 6.68. The van der Waals surface area contributed by atoms with Crippen molar-refractivity contribution in [3.05, 3.63) is 36.2 Å². The van der Waals surface area contributed by atoms with Crippen LogP contribution in [0.2, 0.25) is 0 Å². The number of piperazine rings is 1. The number of benzene rings is 1. The van der Waals surface area contributed by atoms with Crippen LogP contribution < -0.4 is 10.1 Å². The number of alkyl halides is 3. The van der Waals surface area contributed by atoms with Crippen molar-refractivity contribution in [3.8, 4) is 5.75 Å². The van der Waals surface area contributed by atoms with Gasteiger partial charge in [0.2, 0.25) is 0 Å². The Labute approximate surface area is 154 Å². The normalized spacial score (nSPS) is 16.3. The second kappa shape index (κ2) is 7.01. The van der Waals surface area contributed by atoms with Crippen molar-refractivity contribution in [2.45, 2.75) is 12.7 Å².